The van der Waals surface area contributed by atoms with E-state index in [9.17, 15) is 19.2 Å². The molecular weight excluding hydrogens is 296 g/mol. The predicted molar refractivity (Wildman–Crippen MR) is 74.8 cm³/mol. The lowest BCUT2D eigenvalue weighted by Crippen LogP contribution is -2.47. The maximum absolute atomic E-state index is 11.9. The number of rotatable bonds is 9. The van der Waals surface area contributed by atoms with E-state index in [4.69, 9.17) is 20.7 Å². The van der Waals surface area contributed by atoms with Gasteiger partial charge >= 0.3 is 17.9 Å². The van der Waals surface area contributed by atoms with Crippen molar-refractivity contribution in [1.29, 1.82) is 0 Å². The molecular formula is C13H22N2O7. The van der Waals surface area contributed by atoms with Crippen molar-refractivity contribution in [3.8, 4) is 0 Å². The summed E-state index contributed by atoms with van der Waals surface area (Å²) in [6.07, 6.45) is -1.57. The molecule has 1 unspecified atom stereocenters. The number of hydrogen-bond acceptors (Lipinski definition) is 6. The average Bonchev–Trinajstić information content (AvgIpc) is 2.40. The topological polar surface area (TPSA) is 156 Å². The maximum Gasteiger partial charge on any atom is 0.344 e. The molecule has 0 aliphatic rings. The zero-order valence-corrected chi connectivity index (χ0v) is 12.7. The molecule has 0 fully saturated rings. The molecule has 0 aromatic rings. The molecule has 0 saturated carbocycles. The van der Waals surface area contributed by atoms with E-state index in [0.717, 1.165) is 0 Å². The lowest BCUT2D eigenvalue weighted by atomic mass is 10.0. The van der Waals surface area contributed by atoms with Crippen LogP contribution in [0.15, 0.2) is 0 Å². The van der Waals surface area contributed by atoms with E-state index in [1.807, 2.05) is 0 Å². The Hall–Kier alpha value is -2.16. The Morgan fingerprint density at radius 1 is 1.09 bits per heavy atom. The van der Waals surface area contributed by atoms with Crippen molar-refractivity contribution in [2.45, 2.75) is 51.8 Å². The average molecular weight is 318 g/mol. The number of amides is 1. The number of esters is 1. The number of carboxylic acid groups (broad SMARTS) is 2. The zero-order chi connectivity index (χ0) is 17.4. The smallest absolute Gasteiger partial charge is 0.344 e. The Balaban J connectivity index is 4.58. The van der Waals surface area contributed by atoms with E-state index in [1.54, 1.807) is 13.8 Å². The highest BCUT2D eigenvalue weighted by Gasteiger charge is 2.29. The van der Waals surface area contributed by atoms with E-state index in [2.05, 4.69) is 5.32 Å². The SMILES string of the molecule is CC(C)C(NC(=O)CC[C@H](N)C(=O)O)C(=O)O[C@@H](C)C(=O)O. The highest BCUT2D eigenvalue weighted by molar-refractivity contribution is 5.86. The lowest BCUT2D eigenvalue weighted by molar-refractivity contribution is -0.165. The Bertz CT molecular complexity index is 436. The number of nitrogens with one attached hydrogen (secondary N) is 1. The Kier molecular flexibility index (Phi) is 8.10. The largest absolute Gasteiger partial charge is 0.480 e. The van der Waals surface area contributed by atoms with Crippen LogP contribution in [0.3, 0.4) is 0 Å². The van der Waals surface area contributed by atoms with Gasteiger partial charge in [-0.25, -0.2) is 9.59 Å². The number of aliphatic carboxylic acids is 2. The predicted octanol–water partition coefficient (Wildman–Crippen LogP) is -0.664. The van der Waals surface area contributed by atoms with Gasteiger partial charge < -0.3 is 26.0 Å². The molecule has 0 radical (unpaired) electrons. The summed E-state index contributed by atoms with van der Waals surface area (Å²) in [6.45, 7) is 4.51. The first-order chi connectivity index (χ1) is 10.1. The van der Waals surface area contributed by atoms with E-state index in [1.165, 1.54) is 6.92 Å². The molecule has 22 heavy (non-hydrogen) atoms. The summed E-state index contributed by atoms with van der Waals surface area (Å²) in [6, 6.07) is -2.18. The van der Waals surface area contributed by atoms with Gasteiger partial charge in [0.15, 0.2) is 6.10 Å². The second-order valence-electron chi connectivity index (χ2n) is 5.19. The van der Waals surface area contributed by atoms with Crippen LogP contribution in [-0.4, -0.2) is 52.2 Å². The fourth-order valence-electron chi connectivity index (χ4n) is 1.45. The number of carboxylic acids is 2. The molecule has 0 aliphatic carbocycles. The zero-order valence-electron chi connectivity index (χ0n) is 12.7. The quantitative estimate of drug-likeness (QED) is 0.408. The summed E-state index contributed by atoms with van der Waals surface area (Å²) in [5, 5.41) is 19.7. The van der Waals surface area contributed by atoms with Crippen molar-refractivity contribution in [1.82, 2.24) is 5.32 Å². The van der Waals surface area contributed by atoms with Crippen LogP contribution in [-0.2, 0) is 23.9 Å². The Labute approximate surface area is 127 Å². The first-order valence-corrected chi connectivity index (χ1v) is 6.77. The van der Waals surface area contributed by atoms with Gasteiger partial charge in [-0.15, -0.1) is 0 Å². The minimum Gasteiger partial charge on any atom is -0.480 e. The van der Waals surface area contributed by atoms with Gasteiger partial charge in [-0.2, -0.15) is 0 Å². The number of hydrogen-bond donors (Lipinski definition) is 4. The molecule has 0 aromatic heterocycles. The van der Waals surface area contributed by atoms with Gasteiger partial charge in [-0.05, 0) is 19.3 Å². The third kappa shape index (κ3) is 7.02. The number of carbonyl (C=O) groups is 4. The normalized spacial score (nSPS) is 14.8. The molecule has 0 aromatic carbocycles. The van der Waals surface area contributed by atoms with Crippen LogP contribution in [0, 0.1) is 5.92 Å². The van der Waals surface area contributed by atoms with Crippen LogP contribution in [0.5, 0.6) is 0 Å². The molecule has 1 amide bonds. The van der Waals surface area contributed by atoms with Gasteiger partial charge in [0.25, 0.3) is 0 Å². The van der Waals surface area contributed by atoms with E-state index in [-0.39, 0.29) is 18.8 Å². The van der Waals surface area contributed by atoms with Crippen LogP contribution in [0.25, 0.3) is 0 Å². The summed E-state index contributed by atoms with van der Waals surface area (Å²) in [4.78, 5) is 44.8. The minimum absolute atomic E-state index is 0.0768. The van der Waals surface area contributed by atoms with Crippen molar-refractivity contribution in [3.05, 3.63) is 0 Å². The first-order valence-electron chi connectivity index (χ1n) is 6.77. The lowest BCUT2D eigenvalue weighted by Gasteiger charge is -2.22. The third-order valence-corrected chi connectivity index (χ3v) is 2.88. The standard InChI is InChI=1S/C13H22N2O7/c1-6(2)10(13(21)22-7(3)11(17)18)15-9(16)5-4-8(14)12(19)20/h6-8,10H,4-5,14H2,1-3H3,(H,15,16)(H,17,18)(H,19,20)/t7-,8-,10?/m0/s1. The van der Waals surface area contributed by atoms with Gasteiger partial charge in [0.1, 0.15) is 12.1 Å². The highest BCUT2D eigenvalue weighted by atomic mass is 16.6. The summed E-state index contributed by atoms with van der Waals surface area (Å²) in [7, 11) is 0. The van der Waals surface area contributed by atoms with Gasteiger partial charge in [-0.3, -0.25) is 9.59 Å². The summed E-state index contributed by atoms with van der Waals surface area (Å²) >= 11 is 0. The first kappa shape index (κ1) is 19.8. The van der Waals surface area contributed by atoms with E-state index in [0.29, 0.717) is 0 Å². The Morgan fingerprint density at radius 2 is 1.64 bits per heavy atom. The molecule has 0 aliphatic heterocycles. The summed E-state index contributed by atoms with van der Waals surface area (Å²) in [5.41, 5.74) is 5.28. The summed E-state index contributed by atoms with van der Waals surface area (Å²) < 4.78 is 4.73. The molecule has 9 heteroatoms. The second kappa shape index (κ2) is 8.98. The van der Waals surface area contributed by atoms with Crippen LogP contribution < -0.4 is 11.1 Å². The molecule has 126 valence electrons. The molecule has 0 saturated heterocycles. The molecule has 0 heterocycles. The van der Waals surface area contributed by atoms with Gasteiger partial charge in [0, 0.05) is 6.42 Å². The number of ether oxygens (including phenoxy) is 1. The monoisotopic (exact) mass is 318 g/mol. The van der Waals surface area contributed by atoms with Gasteiger partial charge in [0.2, 0.25) is 5.91 Å². The van der Waals surface area contributed by atoms with Crippen molar-refractivity contribution in [2.75, 3.05) is 0 Å². The molecule has 5 N–H and O–H groups in total. The minimum atomic E-state index is -1.33. The summed E-state index contributed by atoms with van der Waals surface area (Å²) in [5.74, 6) is -4.26. The number of nitrogens with two attached hydrogens (primary N) is 1. The second-order valence-corrected chi connectivity index (χ2v) is 5.19. The van der Waals surface area contributed by atoms with Crippen LogP contribution in [0.2, 0.25) is 0 Å². The van der Waals surface area contributed by atoms with Crippen molar-refractivity contribution in [2.24, 2.45) is 11.7 Å². The fourth-order valence-corrected chi connectivity index (χ4v) is 1.45. The maximum atomic E-state index is 11.9. The fraction of sp³-hybridized carbons (Fsp3) is 0.692. The molecule has 3 atom stereocenters. The van der Waals surface area contributed by atoms with Gasteiger partial charge in [-0.1, -0.05) is 13.8 Å². The molecule has 9 nitrogen and oxygen atoms in total. The van der Waals surface area contributed by atoms with E-state index < -0.39 is 42.0 Å². The van der Waals surface area contributed by atoms with Crippen LogP contribution in [0.1, 0.15) is 33.6 Å². The van der Waals surface area contributed by atoms with Crippen LogP contribution in [0.4, 0.5) is 0 Å². The van der Waals surface area contributed by atoms with Crippen molar-refractivity contribution in [3.63, 3.8) is 0 Å². The van der Waals surface area contributed by atoms with E-state index >= 15 is 0 Å². The molecule has 0 spiro atoms. The van der Waals surface area contributed by atoms with Crippen molar-refractivity contribution >= 4 is 23.8 Å². The molecule has 0 bridgehead atoms. The highest BCUT2D eigenvalue weighted by Crippen LogP contribution is 2.07. The van der Waals surface area contributed by atoms with Gasteiger partial charge in [0.05, 0.1) is 0 Å². The Morgan fingerprint density at radius 3 is 2.05 bits per heavy atom. The third-order valence-electron chi connectivity index (χ3n) is 2.88. The molecule has 0 rings (SSSR count). The van der Waals surface area contributed by atoms with Crippen LogP contribution >= 0.6 is 0 Å². The number of carbonyl (C=O) groups excluding carboxylic acids is 2. The van der Waals surface area contributed by atoms with Crippen molar-refractivity contribution < 1.29 is 34.1 Å².